The monoisotopic (exact) mass is 1100 g/mol. The number of hydrogen-bond acceptors (Lipinski definition) is 2. The summed E-state index contributed by atoms with van der Waals surface area (Å²) < 4.78 is 0. The molecule has 8 rings (SSSR count). The minimum Gasteiger partial charge on any atom is -0.310 e. The zero-order valence-corrected chi connectivity index (χ0v) is 57.3. The Morgan fingerprint density at radius 3 is 0.524 bits per heavy atom. The van der Waals surface area contributed by atoms with Gasteiger partial charge in [-0.3, -0.25) is 0 Å². The summed E-state index contributed by atoms with van der Waals surface area (Å²) in [6.07, 6.45) is 0. The van der Waals surface area contributed by atoms with E-state index in [0.717, 1.165) is 0 Å². The molecule has 0 saturated heterocycles. The minimum absolute atomic E-state index is 0.0868. The lowest BCUT2D eigenvalue weighted by Crippen LogP contribution is -2.22. The van der Waals surface area contributed by atoms with E-state index in [1.165, 1.54) is 122 Å². The summed E-state index contributed by atoms with van der Waals surface area (Å²) in [5, 5.41) is 7.82. The highest BCUT2D eigenvalue weighted by Crippen LogP contribution is 2.54. The summed E-state index contributed by atoms with van der Waals surface area (Å²) >= 11 is 0. The van der Waals surface area contributed by atoms with Crippen molar-refractivity contribution in [1.82, 2.24) is 0 Å². The van der Waals surface area contributed by atoms with Crippen molar-refractivity contribution >= 4 is 66.4 Å². The Labute approximate surface area is 500 Å². The second-order valence-electron chi connectivity index (χ2n) is 35.2. The van der Waals surface area contributed by atoms with Crippen molar-refractivity contribution in [2.24, 2.45) is 0 Å². The maximum absolute atomic E-state index is 2.67. The Bertz CT molecular complexity index is 3180. The molecule has 2 nitrogen and oxygen atoms in total. The molecule has 0 aliphatic rings. The van der Waals surface area contributed by atoms with E-state index in [2.05, 4.69) is 327 Å². The second kappa shape index (κ2) is 20.0. The van der Waals surface area contributed by atoms with Gasteiger partial charge in [-0.15, -0.1) is 0 Å². The third-order valence-electron chi connectivity index (χ3n) is 17.6. The van der Waals surface area contributed by atoms with E-state index in [-0.39, 0.29) is 54.1 Å². The van der Waals surface area contributed by atoms with E-state index in [4.69, 9.17) is 0 Å². The Hall–Kier alpha value is -5.60. The normalized spacial score (nSPS) is 14.0. The maximum Gasteiger partial charge on any atom is 0.0543 e. The molecule has 82 heavy (non-hydrogen) atoms. The highest BCUT2D eigenvalue weighted by molar-refractivity contribution is 6.29. The van der Waals surface area contributed by atoms with Crippen LogP contribution in [0.1, 0.15) is 263 Å². The van der Waals surface area contributed by atoms with Crippen LogP contribution in [0.2, 0.25) is 0 Å². The molecule has 0 bridgehead atoms. The number of benzene rings is 8. The van der Waals surface area contributed by atoms with Crippen LogP contribution in [0, 0.1) is 0 Å². The predicted octanol–water partition coefficient (Wildman–Crippen LogP) is 24.5. The summed E-state index contributed by atoms with van der Waals surface area (Å²) in [4.78, 5) is 5.35. The fourth-order valence-corrected chi connectivity index (χ4v) is 11.8. The van der Waals surface area contributed by atoms with Crippen LogP contribution in [0.5, 0.6) is 0 Å². The van der Waals surface area contributed by atoms with Gasteiger partial charge in [0, 0.05) is 33.5 Å². The van der Waals surface area contributed by atoms with Crippen molar-refractivity contribution in [3.8, 4) is 0 Å². The van der Waals surface area contributed by atoms with Crippen LogP contribution in [0.25, 0.3) is 32.3 Å². The minimum atomic E-state index is -0.203. The SMILES string of the molecule is CC(C)(C)c1cc(N(c2cc(C(C)(C)C)cc(C(C)(C)C)c2)c2cc(C(C)(C)C)c3ccc4c(N(c5cc(C(C)(C)C)cc(C(C)(C)C)c5)c5cc(C(C)(C)C)cc(C(C)(C)C)c5)cc(C(C)(C)C)c5ccc2c3c45)cc(C(C)(C)C)c1. The van der Waals surface area contributed by atoms with Crippen LogP contribution >= 0.6 is 0 Å². The smallest absolute Gasteiger partial charge is 0.0543 e. The lowest BCUT2D eigenvalue weighted by molar-refractivity contribution is 0.567. The first kappa shape index (κ1) is 62.4. The van der Waals surface area contributed by atoms with Crippen molar-refractivity contribution < 1.29 is 0 Å². The van der Waals surface area contributed by atoms with Crippen LogP contribution in [-0.4, -0.2) is 0 Å². The molecule has 0 aliphatic heterocycles. The summed E-state index contributed by atoms with van der Waals surface area (Å²) in [6, 6.07) is 45.1. The molecule has 0 aromatic heterocycles. The molecule has 0 spiro atoms. The van der Waals surface area contributed by atoms with Crippen LogP contribution in [0.3, 0.4) is 0 Å². The first-order valence-electron chi connectivity index (χ1n) is 31.0. The number of anilines is 6. The molecule has 8 aromatic carbocycles. The maximum atomic E-state index is 2.67. The summed E-state index contributed by atoms with van der Waals surface area (Å²) in [5.41, 5.74) is 19.5. The number of hydrogen-bond donors (Lipinski definition) is 0. The van der Waals surface area contributed by atoms with Gasteiger partial charge in [-0.05, 0) is 192 Å². The molecule has 0 aliphatic carbocycles. The topological polar surface area (TPSA) is 6.48 Å². The van der Waals surface area contributed by atoms with Gasteiger partial charge in [0.2, 0.25) is 0 Å². The standard InChI is InChI=1S/C80H108N2/c1-71(2,3)49-35-50(72(4,5)6)40-57(39-49)81(58-41-51(73(7,8)9)36-52(42-58)74(10,11)12)67-47-65(79(25,26)27)61-32-34-64-68(48-66(80(28,29)30)62-31-33-63(67)69(61)70(62)64)82(59-43-53(75(13,14)15)37-54(44-59)76(16,17)18)60-45-55(77(19,20)21)38-56(46-60)78(22,23)24/h31-48H,1-30H3. The van der Waals surface area contributed by atoms with Gasteiger partial charge in [-0.2, -0.15) is 0 Å². The Balaban J connectivity index is 1.66. The Morgan fingerprint density at radius 1 is 0.195 bits per heavy atom. The third-order valence-corrected chi connectivity index (χ3v) is 17.6. The summed E-state index contributed by atoms with van der Waals surface area (Å²) in [7, 11) is 0. The van der Waals surface area contributed by atoms with E-state index < -0.39 is 0 Å². The van der Waals surface area contributed by atoms with Crippen molar-refractivity contribution in [2.75, 3.05) is 9.80 Å². The molecule has 0 heterocycles. The molecule has 0 atom stereocenters. The molecule has 0 amide bonds. The number of nitrogens with zero attached hydrogens (tertiary/aromatic N) is 2. The largest absolute Gasteiger partial charge is 0.310 e. The number of rotatable bonds is 6. The molecule has 0 saturated carbocycles. The van der Waals surface area contributed by atoms with Crippen molar-refractivity contribution in [1.29, 1.82) is 0 Å². The van der Waals surface area contributed by atoms with Gasteiger partial charge in [-0.1, -0.05) is 256 Å². The Kier molecular flexibility index (Phi) is 15.2. The first-order chi connectivity index (χ1) is 37.0. The lowest BCUT2D eigenvalue weighted by Gasteiger charge is -2.36. The zero-order chi connectivity index (χ0) is 61.6. The van der Waals surface area contributed by atoms with Crippen molar-refractivity contribution in [3.05, 3.63) is 165 Å². The highest BCUT2D eigenvalue weighted by atomic mass is 15.2. The molecule has 0 N–H and O–H groups in total. The predicted molar refractivity (Wildman–Crippen MR) is 367 cm³/mol. The van der Waals surface area contributed by atoms with E-state index in [1.54, 1.807) is 0 Å². The van der Waals surface area contributed by atoms with E-state index in [1.807, 2.05) is 0 Å². The van der Waals surface area contributed by atoms with Crippen LogP contribution in [0.4, 0.5) is 34.1 Å². The quantitative estimate of drug-likeness (QED) is 0.153. The average Bonchev–Trinajstić information content (AvgIpc) is 0.989. The van der Waals surface area contributed by atoms with Crippen molar-refractivity contribution in [3.63, 3.8) is 0 Å². The van der Waals surface area contributed by atoms with Gasteiger partial charge in [0.15, 0.2) is 0 Å². The lowest BCUT2D eigenvalue weighted by atomic mass is 9.77. The molecule has 0 fully saturated rings. The van der Waals surface area contributed by atoms with Gasteiger partial charge in [0.25, 0.3) is 0 Å². The fourth-order valence-electron chi connectivity index (χ4n) is 11.8. The van der Waals surface area contributed by atoms with Gasteiger partial charge in [0.05, 0.1) is 11.4 Å². The first-order valence-corrected chi connectivity index (χ1v) is 31.0. The zero-order valence-electron chi connectivity index (χ0n) is 57.3. The average molecular weight is 1100 g/mol. The van der Waals surface area contributed by atoms with Gasteiger partial charge in [0.1, 0.15) is 0 Å². The second-order valence-corrected chi connectivity index (χ2v) is 35.2. The summed E-state index contributed by atoms with van der Waals surface area (Å²) in [5.74, 6) is 0. The third kappa shape index (κ3) is 12.3. The molecule has 0 unspecified atom stereocenters. The van der Waals surface area contributed by atoms with Crippen LogP contribution in [-0.2, 0) is 54.1 Å². The molecule has 2 heteroatoms. The highest BCUT2D eigenvalue weighted by Gasteiger charge is 2.34. The molecular weight excluding hydrogens is 989 g/mol. The van der Waals surface area contributed by atoms with Crippen LogP contribution in [0.15, 0.2) is 109 Å². The van der Waals surface area contributed by atoms with Crippen molar-refractivity contribution in [2.45, 2.75) is 262 Å². The fraction of sp³-hybridized carbons (Fsp3) is 0.500. The van der Waals surface area contributed by atoms with Gasteiger partial charge in [-0.25, -0.2) is 0 Å². The van der Waals surface area contributed by atoms with E-state index >= 15 is 0 Å². The van der Waals surface area contributed by atoms with Crippen LogP contribution < -0.4 is 9.80 Å². The van der Waals surface area contributed by atoms with Gasteiger partial charge < -0.3 is 9.80 Å². The Morgan fingerprint density at radius 2 is 0.366 bits per heavy atom. The van der Waals surface area contributed by atoms with Gasteiger partial charge >= 0.3 is 0 Å². The summed E-state index contributed by atoms with van der Waals surface area (Å²) in [6.45, 7) is 71.4. The molecular formula is C80H108N2. The van der Waals surface area contributed by atoms with E-state index in [9.17, 15) is 0 Å². The molecule has 438 valence electrons. The molecule has 0 radical (unpaired) electrons. The van der Waals surface area contributed by atoms with E-state index in [0.29, 0.717) is 0 Å². The molecule has 8 aromatic rings.